The second-order valence-electron chi connectivity index (χ2n) is 15.5. The average molecular weight is 704 g/mol. The van der Waals surface area contributed by atoms with Crippen molar-refractivity contribution in [1.82, 2.24) is 5.32 Å². The lowest BCUT2D eigenvalue weighted by molar-refractivity contribution is -0.123. The Kier molecular flexibility index (Phi) is 41.3. The monoisotopic (exact) mass is 704 g/mol. The van der Waals surface area contributed by atoms with E-state index in [0.717, 1.165) is 25.7 Å². The topological polar surface area (TPSA) is 69.6 Å². The number of amides is 1. The summed E-state index contributed by atoms with van der Waals surface area (Å²) < 4.78 is 0. The highest BCUT2D eigenvalue weighted by molar-refractivity contribution is 5.76. The molecule has 0 rings (SSSR count). The fourth-order valence-electron chi connectivity index (χ4n) is 6.94. The van der Waals surface area contributed by atoms with Crippen LogP contribution in [0, 0.1) is 0 Å². The van der Waals surface area contributed by atoms with Crippen LogP contribution in [-0.2, 0) is 4.79 Å². The van der Waals surface area contributed by atoms with Gasteiger partial charge in [0.2, 0.25) is 5.91 Å². The molecule has 0 aromatic rings. The number of rotatable bonds is 41. The highest BCUT2D eigenvalue weighted by Crippen LogP contribution is 2.15. The molecule has 0 aliphatic heterocycles. The van der Waals surface area contributed by atoms with Gasteiger partial charge in [0.25, 0.3) is 0 Å². The van der Waals surface area contributed by atoms with Crippen LogP contribution in [-0.4, -0.2) is 34.9 Å². The molecule has 0 saturated carbocycles. The molecule has 4 heteroatoms. The zero-order valence-electron chi connectivity index (χ0n) is 33.9. The number of unbranched alkanes of at least 4 members (excludes halogenated alkanes) is 32. The van der Waals surface area contributed by atoms with E-state index in [1.165, 1.54) is 199 Å². The van der Waals surface area contributed by atoms with Crippen LogP contribution < -0.4 is 5.32 Å². The molecule has 2 atom stereocenters. The summed E-state index contributed by atoms with van der Waals surface area (Å²) in [5.74, 6) is -0.0628. The first-order chi connectivity index (χ1) is 24.7. The number of carbonyl (C=O) groups is 1. The van der Waals surface area contributed by atoms with Crippen LogP contribution in [0.4, 0.5) is 0 Å². The number of hydrogen-bond acceptors (Lipinski definition) is 3. The fourth-order valence-corrected chi connectivity index (χ4v) is 6.94. The van der Waals surface area contributed by atoms with Crippen molar-refractivity contribution in [2.75, 3.05) is 6.61 Å². The average Bonchev–Trinajstić information content (AvgIpc) is 3.12. The Morgan fingerprint density at radius 1 is 0.460 bits per heavy atom. The van der Waals surface area contributed by atoms with Crippen LogP contribution >= 0.6 is 0 Å². The van der Waals surface area contributed by atoms with Gasteiger partial charge >= 0.3 is 0 Å². The number of aliphatic hydroxyl groups is 2. The number of nitrogens with one attached hydrogen (secondary N) is 1. The summed E-state index contributed by atoms with van der Waals surface area (Å²) in [6.45, 7) is 4.32. The Labute approximate surface area is 313 Å². The maximum atomic E-state index is 12.4. The number of hydrogen-bond donors (Lipinski definition) is 3. The molecule has 1 amide bonds. The van der Waals surface area contributed by atoms with Gasteiger partial charge in [0, 0.05) is 6.42 Å². The molecule has 0 fully saturated rings. The maximum absolute atomic E-state index is 12.4. The van der Waals surface area contributed by atoms with E-state index in [4.69, 9.17) is 0 Å². The van der Waals surface area contributed by atoms with Gasteiger partial charge in [0.1, 0.15) is 0 Å². The van der Waals surface area contributed by atoms with Crippen molar-refractivity contribution in [1.29, 1.82) is 0 Å². The summed E-state index contributed by atoms with van der Waals surface area (Å²) >= 11 is 0. The predicted molar refractivity (Wildman–Crippen MR) is 221 cm³/mol. The van der Waals surface area contributed by atoms with Gasteiger partial charge in [0.05, 0.1) is 18.8 Å². The van der Waals surface area contributed by atoms with Crippen LogP contribution in [0.25, 0.3) is 0 Å². The van der Waals surface area contributed by atoms with Crippen molar-refractivity contribution in [2.24, 2.45) is 0 Å². The van der Waals surface area contributed by atoms with Crippen molar-refractivity contribution in [3.8, 4) is 0 Å². The summed E-state index contributed by atoms with van der Waals surface area (Å²) in [7, 11) is 0. The van der Waals surface area contributed by atoms with Crippen molar-refractivity contribution in [3.05, 3.63) is 24.3 Å². The van der Waals surface area contributed by atoms with E-state index >= 15 is 0 Å². The molecule has 4 nitrogen and oxygen atoms in total. The molecule has 0 heterocycles. The largest absolute Gasteiger partial charge is 0.394 e. The first-order valence-corrected chi connectivity index (χ1v) is 22.6. The Bertz CT molecular complexity index is 720. The second-order valence-corrected chi connectivity index (χ2v) is 15.5. The highest BCUT2D eigenvalue weighted by atomic mass is 16.3. The maximum Gasteiger partial charge on any atom is 0.220 e. The Hall–Kier alpha value is -1.13. The van der Waals surface area contributed by atoms with Crippen LogP contribution in [0.1, 0.15) is 245 Å². The van der Waals surface area contributed by atoms with Gasteiger partial charge in [0.15, 0.2) is 0 Å². The minimum atomic E-state index is -0.836. The normalized spacial score (nSPS) is 13.1. The zero-order chi connectivity index (χ0) is 36.4. The van der Waals surface area contributed by atoms with E-state index in [2.05, 4.69) is 31.3 Å². The Morgan fingerprint density at radius 2 is 0.760 bits per heavy atom. The molecule has 0 aliphatic carbocycles. The minimum absolute atomic E-state index is 0.0628. The SMILES string of the molecule is CCCCCCCC/C=C/CCCCCCCCCCCCCC(=O)N[C@@H](CO)[C@H](O)/C=C/CCCCCCCCCCCCCCCCC. The smallest absolute Gasteiger partial charge is 0.220 e. The number of aliphatic hydroxyl groups excluding tert-OH is 2. The third-order valence-corrected chi connectivity index (χ3v) is 10.4. The third kappa shape index (κ3) is 38.1. The van der Waals surface area contributed by atoms with Gasteiger partial charge in [-0.1, -0.05) is 218 Å². The molecule has 0 radical (unpaired) electrons. The van der Waals surface area contributed by atoms with Gasteiger partial charge in [-0.05, 0) is 44.9 Å². The lowest BCUT2D eigenvalue weighted by atomic mass is 10.0. The summed E-state index contributed by atoms with van der Waals surface area (Å²) in [5.41, 5.74) is 0. The van der Waals surface area contributed by atoms with Crippen LogP contribution in [0.2, 0.25) is 0 Å². The molecule has 0 aliphatic rings. The third-order valence-electron chi connectivity index (χ3n) is 10.4. The summed E-state index contributed by atoms with van der Waals surface area (Å²) in [5, 5.41) is 23.0. The first-order valence-electron chi connectivity index (χ1n) is 22.6. The molecule has 50 heavy (non-hydrogen) atoms. The van der Waals surface area contributed by atoms with E-state index < -0.39 is 12.1 Å². The van der Waals surface area contributed by atoms with Crippen molar-refractivity contribution < 1.29 is 15.0 Å². The first kappa shape index (κ1) is 48.9. The van der Waals surface area contributed by atoms with E-state index in [9.17, 15) is 15.0 Å². The zero-order valence-corrected chi connectivity index (χ0v) is 33.9. The molecule has 0 spiro atoms. The summed E-state index contributed by atoms with van der Waals surface area (Å²) in [6, 6.07) is -0.619. The Balaban J connectivity index is 3.54. The van der Waals surface area contributed by atoms with Crippen molar-refractivity contribution in [3.63, 3.8) is 0 Å². The number of allylic oxidation sites excluding steroid dienone is 3. The van der Waals surface area contributed by atoms with Gasteiger partial charge in [-0.25, -0.2) is 0 Å². The molecule has 0 aromatic carbocycles. The van der Waals surface area contributed by atoms with Crippen LogP contribution in [0.5, 0.6) is 0 Å². The second kappa shape index (κ2) is 42.3. The van der Waals surface area contributed by atoms with Crippen LogP contribution in [0.3, 0.4) is 0 Å². The molecular weight excluding hydrogens is 615 g/mol. The molecule has 0 saturated heterocycles. The van der Waals surface area contributed by atoms with Gasteiger partial charge < -0.3 is 15.5 Å². The summed E-state index contributed by atoms with van der Waals surface area (Å²) in [6.07, 6.45) is 54.3. The van der Waals surface area contributed by atoms with Gasteiger partial charge in [-0.3, -0.25) is 4.79 Å². The quantitative estimate of drug-likeness (QED) is 0.0438. The predicted octanol–water partition coefficient (Wildman–Crippen LogP) is 14.0. The van der Waals surface area contributed by atoms with E-state index in [1.807, 2.05) is 6.08 Å². The van der Waals surface area contributed by atoms with Gasteiger partial charge in [-0.15, -0.1) is 0 Å². The summed E-state index contributed by atoms with van der Waals surface area (Å²) in [4.78, 5) is 12.4. The Morgan fingerprint density at radius 3 is 1.10 bits per heavy atom. The molecule has 296 valence electrons. The van der Waals surface area contributed by atoms with Crippen LogP contribution in [0.15, 0.2) is 24.3 Å². The van der Waals surface area contributed by atoms with E-state index in [-0.39, 0.29) is 12.5 Å². The standard InChI is InChI=1S/C46H89NO3/c1-3-5-7-9-11-13-15-17-19-21-22-23-24-26-28-30-32-34-36-38-40-42-46(50)47-44(43-48)45(49)41-39-37-35-33-31-29-27-25-20-18-16-14-12-10-8-6-4-2/h17,19,39,41,44-45,48-49H,3-16,18,20-38,40,42-43H2,1-2H3,(H,47,50)/b19-17+,41-39+/t44-,45+/m0/s1. The van der Waals surface area contributed by atoms with Crippen molar-refractivity contribution in [2.45, 2.75) is 257 Å². The lowest BCUT2D eigenvalue weighted by Crippen LogP contribution is -2.45. The van der Waals surface area contributed by atoms with E-state index in [1.54, 1.807) is 6.08 Å². The molecule has 3 N–H and O–H groups in total. The lowest BCUT2D eigenvalue weighted by Gasteiger charge is -2.20. The van der Waals surface area contributed by atoms with Crippen molar-refractivity contribution >= 4 is 5.91 Å². The highest BCUT2D eigenvalue weighted by Gasteiger charge is 2.17. The van der Waals surface area contributed by atoms with E-state index in [0.29, 0.717) is 6.42 Å². The molecule has 0 aromatic heterocycles. The molecular formula is C46H89NO3. The fraction of sp³-hybridized carbons (Fsp3) is 0.891. The molecule has 0 bridgehead atoms. The molecule has 0 unspecified atom stereocenters. The minimum Gasteiger partial charge on any atom is -0.394 e. The number of carbonyl (C=O) groups excluding carboxylic acids is 1. The van der Waals surface area contributed by atoms with Gasteiger partial charge in [-0.2, -0.15) is 0 Å².